The van der Waals surface area contributed by atoms with E-state index in [2.05, 4.69) is 20.6 Å². The predicted octanol–water partition coefficient (Wildman–Crippen LogP) is 2.60. The van der Waals surface area contributed by atoms with Crippen LogP contribution in [0.25, 0.3) is 11.3 Å². The summed E-state index contributed by atoms with van der Waals surface area (Å²) in [5.74, 6) is 0.0741. The van der Waals surface area contributed by atoms with Crippen LogP contribution in [0.4, 0.5) is 4.39 Å². The summed E-state index contributed by atoms with van der Waals surface area (Å²) in [6, 6.07) is 11.6. The van der Waals surface area contributed by atoms with Crippen molar-refractivity contribution in [2.45, 2.75) is 20.4 Å². The van der Waals surface area contributed by atoms with Gasteiger partial charge < -0.3 is 5.32 Å². The van der Waals surface area contributed by atoms with Crippen LogP contribution < -0.4 is 5.32 Å². The number of nitrogens with one attached hydrogen (secondary N) is 1. The molecule has 3 aromatic heterocycles. The number of hydrogen-bond acceptors (Lipinski definition) is 4. The molecule has 0 bridgehead atoms. The number of hydrogen-bond donors (Lipinski definition) is 1. The van der Waals surface area contributed by atoms with Crippen LogP contribution >= 0.6 is 0 Å². The summed E-state index contributed by atoms with van der Waals surface area (Å²) in [7, 11) is 0. The maximum absolute atomic E-state index is 13.2. The molecule has 0 aliphatic carbocycles. The predicted molar refractivity (Wildman–Crippen MR) is 97.2 cm³/mol. The van der Waals surface area contributed by atoms with Crippen LogP contribution in [0.2, 0.25) is 0 Å². The van der Waals surface area contributed by atoms with Gasteiger partial charge in [0.25, 0.3) is 5.91 Å². The minimum atomic E-state index is -0.321. The molecule has 8 heteroatoms. The number of fused-ring (bicyclic) bond motifs is 1. The van der Waals surface area contributed by atoms with Crippen molar-refractivity contribution in [3.8, 4) is 5.69 Å². The second kappa shape index (κ2) is 6.64. The first kappa shape index (κ1) is 16.9. The van der Waals surface area contributed by atoms with E-state index in [0.717, 1.165) is 5.65 Å². The Balaban J connectivity index is 1.58. The molecule has 0 aliphatic rings. The highest BCUT2D eigenvalue weighted by Crippen LogP contribution is 2.18. The lowest BCUT2D eigenvalue weighted by molar-refractivity contribution is 0.0948. The van der Waals surface area contributed by atoms with E-state index in [4.69, 9.17) is 0 Å². The van der Waals surface area contributed by atoms with Crippen molar-refractivity contribution in [3.63, 3.8) is 0 Å². The maximum Gasteiger partial charge on any atom is 0.255 e. The normalized spacial score (nSPS) is 11.1. The Morgan fingerprint density at radius 3 is 2.67 bits per heavy atom. The molecule has 0 radical (unpaired) electrons. The first-order chi connectivity index (χ1) is 13.0. The Hall–Kier alpha value is -3.55. The average Bonchev–Trinajstić information content (AvgIpc) is 3.21. The van der Waals surface area contributed by atoms with Crippen LogP contribution in [0.1, 0.15) is 27.6 Å². The first-order valence-electron chi connectivity index (χ1n) is 8.43. The van der Waals surface area contributed by atoms with Gasteiger partial charge >= 0.3 is 0 Å². The fourth-order valence-corrected chi connectivity index (χ4v) is 3.06. The molecule has 4 aromatic rings. The van der Waals surface area contributed by atoms with Gasteiger partial charge in [0.2, 0.25) is 0 Å². The maximum atomic E-state index is 13.2. The molecule has 0 saturated carbocycles. The number of pyridine rings is 1. The van der Waals surface area contributed by atoms with E-state index in [1.807, 2.05) is 35.7 Å². The lowest BCUT2D eigenvalue weighted by Crippen LogP contribution is -2.25. The van der Waals surface area contributed by atoms with Gasteiger partial charge in [-0.25, -0.2) is 9.07 Å². The minimum absolute atomic E-state index is 0.241. The van der Waals surface area contributed by atoms with Gasteiger partial charge in [-0.1, -0.05) is 6.07 Å². The summed E-state index contributed by atoms with van der Waals surface area (Å²) in [6.07, 6.45) is 1.85. The highest BCUT2D eigenvalue weighted by molar-refractivity contribution is 5.96. The molecular formula is C19H17FN6O. The lowest BCUT2D eigenvalue weighted by atomic mass is 10.2. The van der Waals surface area contributed by atoms with Crippen LogP contribution in [-0.4, -0.2) is 30.3 Å². The SMILES string of the molecule is Cc1nn(-c2ccc(F)cc2)c(C)c1C(=O)NCc1nnc2ccccn12. The number of aryl methyl sites for hydroxylation is 1. The molecule has 7 nitrogen and oxygen atoms in total. The van der Waals surface area contributed by atoms with Crippen molar-refractivity contribution in [1.29, 1.82) is 0 Å². The topological polar surface area (TPSA) is 77.1 Å². The van der Waals surface area contributed by atoms with Crippen molar-refractivity contribution in [1.82, 2.24) is 29.7 Å². The first-order valence-corrected chi connectivity index (χ1v) is 8.43. The molecule has 27 heavy (non-hydrogen) atoms. The Morgan fingerprint density at radius 2 is 1.89 bits per heavy atom. The van der Waals surface area contributed by atoms with Crippen molar-refractivity contribution in [2.24, 2.45) is 0 Å². The Labute approximate surface area is 154 Å². The number of rotatable bonds is 4. The second-order valence-corrected chi connectivity index (χ2v) is 6.16. The molecule has 1 amide bonds. The molecule has 0 fully saturated rings. The zero-order valence-corrected chi connectivity index (χ0v) is 14.8. The Kier molecular flexibility index (Phi) is 4.15. The fraction of sp³-hybridized carbons (Fsp3) is 0.158. The van der Waals surface area contributed by atoms with Crippen molar-refractivity contribution < 1.29 is 9.18 Å². The third-order valence-corrected chi connectivity index (χ3v) is 4.38. The fourth-order valence-electron chi connectivity index (χ4n) is 3.06. The molecule has 4 rings (SSSR count). The quantitative estimate of drug-likeness (QED) is 0.604. The van der Waals surface area contributed by atoms with E-state index < -0.39 is 0 Å². The molecule has 3 heterocycles. The molecule has 0 atom stereocenters. The summed E-state index contributed by atoms with van der Waals surface area (Å²) in [5.41, 5.74) is 3.19. The van der Waals surface area contributed by atoms with E-state index in [9.17, 15) is 9.18 Å². The molecule has 0 saturated heterocycles. The number of carbonyl (C=O) groups excluding carboxylic acids is 1. The molecule has 0 aliphatic heterocycles. The Morgan fingerprint density at radius 1 is 1.11 bits per heavy atom. The second-order valence-electron chi connectivity index (χ2n) is 6.16. The number of aromatic nitrogens is 5. The smallest absolute Gasteiger partial charge is 0.255 e. The molecule has 0 spiro atoms. The van der Waals surface area contributed by atoms with E-state index in [0.29, 0.717) is 28.5 Å². The monoisotopic (exact) mass is 364 g/mol. The largest absolute Gasteiger partial charge is 0.345 e. The van der Waals surface area contributed by atoms with E-state index >= 15 is 0 Å². The van der Waals surface area contributed by atoms with Crippen LogP contribution in [0.15, 0.2) is 48.7 Å². The third kappa shape index (κ3) is 3.05. The van der Waals surface area contributed by atoms with Crippen molar-refractivity contribution in [2.75, 3.05) is 0 Å². The molecular weight excluding hydrogens is 347 g/mol. The number of carbonyl (C=O) groups is 1. The van der Waals surface area contributed by atoms with Crippen LogP contribution in [-0.2, 0) is 6.54 Å². The standard InChI is InChI=1S/C19H17FN6O/c1-12-18(13(2)26(24-12)15-8-6-14(20)7-9-15)19(27)21-11-17-23-22-16-5-3-4-10-25(16)17/h3-10H,11H2,1-2H3,(H,21,27). The van der Waals surface area contributed by atoms with E-state index in [1.54, 1.807) is 23.7 Å². The third-order valence-electron chi connectivity index (χ3n) is 4.38. The van der Waals surface area contributed by atoms with E-state index in [-0.39, 0.29) is 18.3 Å². The highest BCUT2D eigenvalue weighted by Gasteiger charge is 2.20. The summed E-state index contributed by atoms with van der Waals surface area (Å²) < 4.78 is 16.6. The van der Waals surface area contributed by atoms with Crippen LogP contribution in [0, 0.1) is 19.7 Å². The highest BCUT2D eigenvalue weighted by atomic mass is 19.1. The van der Waals surface area contributed by atoms with Gasteiger partial charge in [0.15, 0.2) is 11.5 Å². The van der Waals surface area contributed by atoms with Gasteiger partial charge in [-0.15, -0.1) is 10.2 Å². The van der Waals surface area contributed by atoms with Gasteiger partial charge in [-0.3, -0.25) is 9.20 Å². The molecule has 0 unspecified atom stereocenters. The van der Waals surface area contributed by atoms with Gasteiger partial charge in [-0.2, -0.15) is 5.10 Å². The van der Waals surface area contributed by atoms with Crippen molar-refractivity contribution >= 4 is 11.6 Å². The minimum Gasteiger partial charge on any atom is -0.345 e. The lowest BCUT2D eigenvalue weighted by Gasteiger charge is -2.06. The average molecular weight is 364 g/mol. The van der Waals surface area contributed by atoms with E-state index in [1.165, 1.54) is 12.1 Å². The number of halogens is 1. The summed E-state index contributed by atoms with van der Waals surface area (Å²) in [6.45, 7) is 3.82. The number of nitrogens with zero attached hydrogens (tertiary/aromatic N) is 5. The number of amides is 1. The van der Waals surface area contributed by atoms with Gasteiger partial charge in [0.1, 0.15) is 5.82 Å². The van der Waals surface area contributed by atoms with Crippen LogP contribution in [0.5, 0.6) is 0 Å². The molecule has 1 aromatic carbocycles. The van der Waals surface area contributed by atoms with Gasteiger partial charge in [-0.05, 0) is 50.2 Å². The van der Waals surface area contributed by atoms with Crippen LogP contribution in [0.3, 0.4) is 0 Å². The van der Waals surface area contributed by atoms with Crippen molar-refractivity contribution in [3.05, 3.63) is 77.3 Å². The number of benzene rings is 1. The molecule has 1 N–H and O–H groups in total. The summed E-state index contributed by atoms with van der Waals surface area (Å²) in [4.78, 5) is 12.7. The summed E-state index contributed by atoms with van der Waals surface area (Å²) in [5, 5.41) is 15.5. The zero-order valence-electron chi connectivity index (χ0n) is 14.8. The van der Waals surface area contributed by atoms with Gasteiger partial charge in [0, 0.05) is 6.20 Å². The summed E-state index contributed by atoms with van der Waals surface area (Å²) >= 11 is 0. The Bertz CT molecular complexity index is 1130. The zero-order chi connectivity index (χ0) is 19.0. The molecule has 136 valence electrons. The van der Waals surface area contributed by atoms with Gasteiger partial charge in [0.05, 0.1) is 29.2 Å².